The molecular formula is C24H32O6. The second-order valence-electron chi connectivity index (χ2n) is 10.5. The average Bonchev–Trinajstić information content (AvgIpc) is 2.93. The van der Waals surface area contributed by atoms with Crippen LogP contribution in [-0.4, -0.2) is 40.6 Å². The maximum Gasteiger partial charge on any atom is 0.303 e. The monoisotopic (exact) mass is 416 g/mol. The molecule has 1 N–H and O–H groups in total. The molecule has 6 nitrogen and oxygen atoms in total. The molecule has 4 rings (SSSR count). The molecule has 0 aromatic heterocycles. The molecule has 4 aliphatic carbocycles. The van der Waals surface area contributed by atoms with E-state index in [1.165, 1.54) is 6.92 Å². The molecule has 6 heteroatoms. The van der Waals surface area contributed by atoms with Gasteiger partial charge in [-0.1, -0.05) is 26.3 Å². The Hall–Kier alpha value is -1.82. The molecular weight excluding hydrogens is 384 g/mol. The number of allylic oxidation sites excluding steroid dienone is 1. The molecule has 0 aromatic carbocycles. The van der Waals surface area contributed by atoms with Crippen molar-refractivity contribution in [1.82, 2.24) is 0 Å². The van der Waals surface area contributed by atoms with Gasteiger partial charge in [-0.2, -0.15) is 0 Å². The lowest BCUT2D eigenvalue weighted by molar-refractivity contribution is -0.174. The molecule has 1 unspecified atom stereocenters. The third kappa shape index (κ3) is 2.79. The lowest BCUT2D eigenvalue weighted by atomic mass is 9.44. The van der Waals surface area contributed by atoms with E-state index >= 15 is 0 Å². The first-order chi connectivity index (χ1) is 13.9. The number of Topliss-reactive ketones (excluding diaryl/α,β-unsaturated/α-hetero) is 2. The van der Waals surface area contributed by atoms with Gasteiger partial charge >= 0.3 is 5.97 Å². The van der Waals surface area contributed by atoms with Crippen LogP contribution in [-0.2, 0) is 23.9 Å². The van der Waals surface area contributed by atoms with Gasteiger partial charge in [-0.3, -0.25) is 19.2 Å². The van der Waals surface area contributed by atoms with Crippen LogP contribution in [0, 0.1) is 34.5 Å². The summed E-state index contributed by atoms with van der Waals surface area (Å²) in [5, 5.41) is 11.5. The van der Waals surface area contributed by atoms with Gasteiger partial charge in [-0.05, 0) is 54.9 Å². The van der Waals surface area contributed by atoms with Gasteiger partial charge in [0, 0.05) is 31.1 Å². The number of aliphatic hydroxyl groups is 1. The number of fused-ring (bicyclic) bond motifs is 5. The van der Waals surface area contributed by atoms with Crippen molar-refractivity contribution in [3.05, 3.63) is 11.6 Å². The quantitative estimate of drug-likeness (QED) is 0.711. The van der Waals surface area contributed by atoms with E-state index in [0.717, 1.165) is 12.0 Å². The van der Waals surface area contributed by atoms with E-state index in [9.17, 15) is 24.3 Å². The Balaban J connectivity index is 1.70. The van der Waals surface area contributed by atoms with Gasteiger partial charge in [0.05, 0.1) is 0 Å². The van der Waals surface area contributed by atoms with Crippen LogP contribution in [0.5, 0.6) is 0 Å². The predicted molar refractivity (Wildman–Crippen MR) is 108 cm³/mol. The summed E-state index contributed by atoms with van der Waals surface area (Å²) in [4.78, 5) is 49.7. The Labute approximate surface area is 177 Å². The molecule has 0 spiro atoms. The molecule has 0 radical (unpaired) electrons. The van der Waals surface area contributed by atoms with Crippen LogP contribution in [0.2, 0.25) is 0 Å². The summed E-state index contributed by atoms with van der Waals surface area (Å²) in [6.07, 6.45) is 4.83. The second-order valence-corrected chi connectivity index (χ2v) is 10.5. The molecule has 0 bridgehead atoms. The number of ether oxygens (including phenoxy) is 1. The Morgan fingerprint density at radius 3 is 2.60 bits per heavy atom. The number of rotatable bonds is 3. The lowest BCUT2D eigenvalue weighted by Gasteiger charge is -2.59. The standard InChI is InChI=1S/C24H32O6/c1-13-9-16-17-6-8-24(29,20(28)12-30-14(2)25)23(17,4)11-19(27)21(16)22(3)7-5-15(26)10-18(13)22/h10,13,16-17,21,29H,5-9,11-12H2,1-4H3/t13?,16-,17-,21+,22-,23-,24-/m0/s1. The van der Waals surface area contributed by atoms with Gasteiger partial charge in [0.1, 0.15) is 11.4 Å². The van der Waals surface area contributed by atoms with E-state index in [2.05, 4.69) is 13.8 Å². The largest absolute Gasteiger partial charge is 0.458 e. The third-order valence-electron chi connectivity index (χ3n) is 8.99. The topological polar surface area (TPSA) is 97.7 Å². The maximum atomic E-state index is 13.6. The highest BCUT2D eigenvalue weighted by Crippen LogP contribution is 2.67. The molecule has 0 saturated heterocycles. The van der Waals surface area contributed by atoms with Gasteiger partial charge in [0.2, 0.25) is 5.78 Å². The minimum atomic E-state index is -1.66. The average molecular weight is 417 g/mol. The van der Waals surface area contributed by atoms with Gasteiger partial charge in [0.25, 0.3) is 0 Å². The van der Waals surface area contributed by atoms with Crippen LogP contribution in [0.1, 0.15) is 66.2 Å². The van der Waals surface area contributed by atoms with Gasteiger partial charge in [-0.15, -0.1) is 0 Å². The van der Waals surface area contributed by atoms with Crippen molar-refractivity contribution in [3.8, 4) is 0 Å². The first-order valence-corrected chi connectivity index (χ1v) is 11.1. The maximum absolute atomic E-state index is 13.6. The number of esters is 1. The molecule has 3 fully saturated rings. The van der Waals surface area contributed by atoms with Crippen molar-refractivity contribution in [2.45, 2.75) is 71.8 Å². The van der Waals surface area contributed by atoms with Crippen LogP contribution >= 0.6 is 0 Å². The molecule has 4 aliphatic rings. The molecule has 164 valence electrons. The van der Waals surface area contributed by atoms with E-state index in [1.54, 1.807) is 6.08 Å². The predicted octanol–water partition coefficient (Wildman–Crippen LogP) is 2.81. The van der Waals surface area contributed by atoms with E-state index in [1.807, 2.05) is 6.92 Å². The highest BCUT2D eigenvalue weighted by molar-refractivity contribution is 5.95. The molecule has 0 aliphatic heterocycles. The van der Waals surface area contributed by atoms with Crippen LogP contribution in [0.15, 0.2) is 11.6 Å². The van der Waals surface area contributed by atoms with Gasteiger partial charge in [0.15, 0.2) is 12.4 Å². The van der Waals surface area contributed by atoms with Crippen molar-refractivity contribution in [3.63, 3.8) is 0 Å². The van der Waals surface area contributed by atoms with Crippen LogP contribution in [0.3, 0.4) is 0 Å². The highest BCUT2D eigenvalue weighted by Gasteiger charge is 2.69. The lowest BCUT2D eigenvalue weighted by Crippen LogP contribution is -2.61. The molecule has 3 saturated carbocycles. The van der Waals surface area contributed by atoms with Crippen molar-refractivity contribution in [1.29, 1.82) is 0 Å². The Bertz CT molecular complexity index is 858. The Morgan fingerprint density at radius 2 is 1.93 bits per heavy atom. The zero-order valence-corrected chi connectivity index (χ0v) is 18.3. The third-order valence-corrected chi connectivity index (χ3v) is 8.99. The zero-order chi connectivity index (χ0) is 22.1. The Morgan fingerprint density at radius 1 is 1.23 bits per heavy atom. The van der Waals surface area contributed by atoms with Gasteiger partial charge in [-0.25, -0.2) is 0 Å². The fraction of sp³-hybridized carbons (Fsp3) is 0.750. The number of carbonyl (C=O) groups is 4. The Kier molecular flexibility index (Phi) is 4.88. The molecule has 0 heterocycles. The summed E-state index contributed by atoms with van der Waals surface area (Å²) in [7, 11) is 0. The summed E-state index contributed by atoms with van der Waals surface area (Å²) < 4.78 is 4.88. The van der Waals surface area contributed by atoms with Crippen molar-refractivity contribution in [2.24, 2.45) is 34.5 Å². The fourth-order valence-corrected chi connectivity index (χ4v) is 7.57. The summed E-state index contributed by atoms with van der Waals surface area (Å²) in [5.41, 5.74) is -1.73. The summed E-state index contributed by atoms with van der Waals surface area (Å²) >= 11 is 0. The molecule has 7 atom stereocenters. The van der Waals surface area contributed by atoms with E-state index in [0.29, 0.717) is 19.3 Å². The van der Waals surface area contributed by atoms with Gasteiger partial charge < -0.3 is 9.84 Å². The van der Waals surface area contributed by atoms with E-state index < -0.39 is 29.4 Å². The van der Waals surface area contributed by atoms with Crippen LogP contribution in [0.4, 0.5) is 0 Å². The minimum Gasteiger partial charge on any atom is -0.458 e. The molecule has 0 aromatic rings. The van der Waals surface area contributed by atoms with Crippen molar-refractivity contribution >= 4 is 23.3 Å². The zero-order valence-electron chi connectivity index (χ0n) is 18.3. The summed E-state index contributed by atoms with van der Waals surface area (Å²) in [5.74, 6) is -0.680. The smallest absolute Gasteiger partial charge is 0.303 e. The SMILES string of the molecule is CC(=O)OCC(=O)[C@@]1(O)CC[C@H]2[C@@H]3CC(C)C4=CC(=O)CC[C@]4(C)[C@H]3C(=O)C[C@@]21C. The highest BCUT2D eigenvalue weighted by atomic mass is 16.5. The second kappa shape index (κ2) is 6.84. The number of hydrogen-bond acceptors (Lipinski definition) is 6. The molecule has 30 heavy (non-hydrogen) atoms. The summed E-state index contributed by atoms with van der Waals surface area (Å²) in [6, 6.07) is 0. The number of ketones is 3. The fourth-order valence-electron chi connectivity index (χ4n) is 7.57. The first-order valence-electron chi connectivity index (χ1n) is 11.1. The van der Waals surface area contributed by atoms with Crippen LogP contribution in [0.25, 0.3) is 0 Å². The number of hydrogen-bond donors (Lipinski definition) is 1. The molecule has 0 amide bonds. The normalized spacial score (nSPS) is 45.2. The van der Waals surface area contributed by atoms with E-state index in [4.69, 9.17) is 4.74 Å². The first kappa shape index (κ1) is 21.4. The van der Waals surface area contributed by atoms with Crippen molar-refractivity contribution in [2.75, 3.05) is 6.61 Å². The van der Waals surface area contributed by atoms with Crippen LogP contribution < -0.4 is 0 Å². The number of carbonyl (C=O) groups excluding carboxylic acids is 4. The minimum absolute atomic E-state index is 0.0462. The van der Waals surface area contributed by atoms with E-state index in [-0.39, 0.29) is 53.5 Å². The van der Waals surface area contributed by atoms with Crippen molar-refractivity contribution < 1.29 is 29.0 Å². The summed E-state index contributed by atoms with van der Waals surface area (Å²) in [6.45, 7) is 6.90.